The molecule has 1 amide bonds. The average molecular weight is 346 g/mol. The Kier molecular flexibility index (Phi) is 4.87. The number of halogens is 2. The van der Waals surface area contributed by atoms with Crippen LogP contribution >= 0.6 is 27.5 Å². The average Bonchev–Trinajstić information content (AvgIpc) is 2.40. The monoisotopic (exact) mass is 344 g/mol. The van der Waals surface area contributed by atoms with Gasteiger partial charge in [-0.1, -0.05) is 27.5 Å². The Morgan fingerprint density at radius 1 is 1.53 bits per heavy atom. The Balaban J connectivity index is 2.33. The van der Waals surface area contributed by atoms with Gasteiger partial charge in [0.15, 0.2) is 0 Å². The van der Waals surface area contributed by atoms with E-state index in [1.54, 1.807) is 12.1 Å². The molecule has 2 rings (SSSR count). The maximum absolute atomic E-state index is 12.7. The van der Waals surface area contributed by atoms with Crippen LogP contribution in [-0.2, 0) is 0 Å². The number of nitrogens with zero attached hydrogens (tertiary/aromatic N) is 1. The number of hydrogen-bond donors (Lipinski definition) is 1. The van der Waals surface area contributed by atoms with Gasteiger partial charge in [-0.25, -0.2) is 0 Å². The second-order valence-electron chi connectivity index (χ2n) is 5.01. The number of carbonyl (C=O) groups is 1. The highest BCUT2D eigenvalue weighted by Gasteiger charge is 2.32. The van der Waals surface area contributed by atoms with Gasteiger partial charge in [0.25, 0.3) is 5.91 Å². The molecule has 2 atom stereocenters. The first-order valence-corrected chi connectivity index (χ1v) is 7.69. The largest absolute Gasteiger partial charge is 0.332 e. The number of rotatable bonds is 2. The van der Waals surface area contributed by atoms with Gasteiger partial charge in [-0.15, -0.1) is 0 Å². The summed E-state index contributed by atoms with van der Waals surface area (Å²) in [5.74, 6) is -0.0195. The fourth-order valence-electron chi connectivity index (χ4n) is 2.68. The summed E-state index contributed by atoms with van der Waals surface area (Å²) in [4.78, 5) is 14.6. The van der Waals surface area contributed by atoms with Gasteiger partial charge in [0.2, 0.25) is 0 Å². The summed E-state index contributed by atoms with van der Waals surface area (Å²) in [7, 11) is 0. The second kappa shape index (κ2) is 6.25. The molecule has 0 aliphatic carbocycles. The molecule has 2 N–H and O–H groups in total. The first-order valence-electron chi connectivity index (χ1n) is 6.52. The van der Waals surface area contributed by atoms with Crippen molar-refractivity contribution in [2.45, 2.75) is 38.3 Å². The van der Waals surface area contributed by atoms with E-state index in [0.717, 1.165) is 23.7 Å². The van der Waals surface area contributed by atoms with E-state index in [4.69, 9.17) is 17.3 Å². The predicted octanol–water partition coefficient (Wildman–Crippen LogP) is 3.44. The minimum absolute atomic E-state index is 0.0195. The minimum Gasteiger partial charge on any atom is -0.332 e. The van der Waals surface area contributed by atoms with Crippen LogP contribution < -0.4 is 5.73 Å². The molecular weight excluding hydrogens is 328 g/mol. The molecule has 1 heterocycles. The molecule has 1 aliphatic rings. The van der Waals surface area contributed by atoms with Crippen LogP contribution in [0.15, 0.2) is 22.7 Å². The van der Waals surface area contributed by atoms with E-state index >= 15 is 0 Å². The van der Waals surface area contributed by atoms with Crippen LogP contribution in [-0.4, -0.2) is 29.4 Å². The molecule has 3 nitrogen and oxygen atoms in total. The van der Waals surface area contributed by atoms with Crippen molar-refractivity contribution in [3.8, 4) is 0 Å². The molecule has 0 radical (unpaired) electrons. The van der Waals surface area contributed by atoms with Crippen molar-refractivity contribution < 1.29 is 4.79 Å². The summed E-state index contributed by atoms with van der Waals surface area (Å²) in [5.41, 5.74) is 6.35. The third-order valence-electron chi connectivity index (χ3n) is 3.69. The van der Waals surface area contributed by atoms with Crippen LogP contribution in [0.25, 0.3) is 0 Å². The summed E-state index contributed by atoms with van der Waals surface area (Å²) in [6.07, 6.45) is 3.12. The quantitative estimate of drug-likeness (QED) is 0.892. The molecule has 0 spiro atoms. The molecule has 1 aliphatic heterocycles. The van der Waals surface area contributed by atoms with Crippen molar-refractivity contribution in [2.75, 3.05) is 6.54 Å². The Morgan fingerprint density at radius 3 is 2.95 bits per heavy atom. The van der Waals surface area contributed by atoms with Gasteiger partial charge < -0.3 is 10.6 Å². The maximum atomic E-state index is 12.7. The topological polar surface area (TPSA) is 46.3 Å². The lowest BCUT2D eigenvalue weighted by Gasteiger charge is -2.40. The Bertz CT molecular complexity index is 481. The lowest BCUT2D eigenvalue weighted by molar-refractivity contribution is 0.0494. The maximum Gasteiger partial charge on any atom is 0.255 e. The highest BCUT2D eigenvalue weighted by Crippen LogP contribution is 2.28. The lowest BCUT2D eigenvalue weighted by atomic mass is 9.95. The number of carbonyl (C=O) groups excluding carboxylic acids is 1. The van der Waals surface area contributed by atoms with E-state index < -0.39 is 0 Å². The Morgan fingerprint density at radius 2 is 2.26 bits per heavy atom. The van der Waals surface area contributed by atoms with Crippen LogP contribution in [0.2, 0.25) is 5.02 Å². The summed E-state index contributed by atoms with van der Waals surface area (Å²) < 4.78 is 0.856. The fourth-order valence-corrected chi connectivity index (χ4v) is 3.24. The number of hydrogen-bond acceptors (Lipinski definition) is 2. The van der Waals surface area contributed by atoms with E-state index in [-0.39, 0.29) is 18.0 Å². The summed E-state index contributed by atoms with van der Waals surface area (Å²) >= 11 is 9.53. The standard InChI is InChI=1S/C14H18BrClN2O/c1-9-3-2-4-11(8-17)18(9)14(19)12-7-10(15)5-6-13(12)16/h5-7,9,11H,2-4,8,17H2,1H3. The highest BCUT2D eigenvalue weighted by atomic mass is 79.9. The number of amides is 1. The van der Waals surface area contributed by atoms with Gasteiger partial charge in [-0.05, 0) is 44.4 Å². The highest BCUT2D eigenvalue weighted by molar-refractivity contribution is 9.10. The molecule has 0 bridgehead atoms. The zero-order valence-electron chi connectivity index (χ0n) is 10.9. The predicted molar refractivity (Wildman–Crippen MR) is 81.5 cm³/mol. The molecule has 104 valence electrons. The summed E-state index contributed by atoms with van der Waals surface area (Å²) in [5, 5.41) is 0.488. The smallest absolute Gasteiger partial charge is 0.255 e. The van der Waals surface area contributed by atoms with Crippen molar-refractivity contribution >= 4 is 33.4 Å². The van der Waals surface area contributed by atoms with E-state index in [1.807, 2.05) is 11.0 Å². The van der Waals surface area contributed by atoms with Crippen molar-refractivity contribution in [3.05, 3.63) is 33.3 Å². The van der Waals surface area contributed by atoms with Crippen molar-refractivity contribution in [1.29, 1.82) is 0 Å². The van der Waals surface area contributed by atoms with Crippen LogP contribution in [0.3, 0.4) is 0 Å². The van der Waals surface area contributed by atoms with E-state index in [9.17, 15) is 4.79 Å². The molecule has 1 saturated heterocycles. The van der Waals surface area contributed by atoms with Crippen LogP contribution in [0.4, 0.5) is 0 Å². The number of piperidine rings is 1. The van der Waals surface area contributed by atoms with Gasteiger partial charge in [0.05, 0.1) is 10.6 Å². The Labute approximate surface area is 127 Å². The molecule has 1 aromatic carbocycles. The van der Waals surface area contributed by atoms with Crippen molar-refractivity contribution in [2.24, 2.45) is 5.73 Å². The first kappa shape index (κ1) is 14.8. The number of likely N-dealkylation sites (tertiary alicyclic amines) is 1. The molecule has 0 saturated carbocycles. The van der Waals surface area contributed by atoms with Crippen molar-refractivity contribution in [1.82, 2.24) is 4.90 Å². The molecule has 1 fully saturated rings. The van der Waals surface area contributed by atoms with Crippen LogP contribution in [0, 0.1) is 0 Å². The summed E-state index contributed by atoms with van der Waals surface area (Å²) in [6.45, 7) is 2.58. The van der Waals surface area contributed by atoms with Gasteiger partial charge in [-0.2, -0.15) is 0 Å². The lowest BCUT2D eigenvalue weighted by Crippen LogP contribution is -2.51. The third kappa shape index (κ3) is 3.12. The molecule has 2 unspecified atom stereocenters. The number of nitrogens with two attached hydrogens (primary N) is 1. The van der Waals surface area contributed by atoms with Gasteiger partial charge >= 0.3 is 0 Å². The van der Waals surface area contributed by atoms with Crippen molar-refractivity contribution in [3.63, 3.8) is 0 Å². The Hall–Kier alpha value is -0.580. The van der Waals surface area contributed by atoms with Crippen LogP contribution in [0.5, 0.6) is 0 Å². The van der Waals surface area contributed by atoms with Crippen LogP contribution in [0.1, 0.15) is 36.5 Å². The number of benzene rings is 1. The fraction of sp³-hybridized carbons (Fsp3) is 0.500. The van der Waals surface area contributed by atoms with Gasteiger partial charge in [0, 0.05) is 23.1 Å². The second-order valence-corrected chi connectivity index (χ2v) is 6.33. The molecule has 5 heteroatoms. The SMILES string of the molecule is CC1CCCC(CN)N1C(=O)c1cc(Br)ccc1Cl. The molecule has 0 aromatic heterocycles. The zero-order valence-corrected chi connectivity index (χ0v) is 13.2. The van der Waals surface area contributed by atoms with E-state index in [2.05, 4.69) is 22.9 Å². The van der Waals surface area contributed by atoms with Gasteiger partial charge in [-0.3, -0.25) is 4.79 Å². The minimum atomic E-state index is -0.0195. The molecular formula is C14H18BrClN2O. The molecule has 19 heavy (non-hydrogen) atoms. The van der Waals surface area contributed by atoms with E-state index in [1.165, 1.54) is 0 Å². The zero-order chi connectivity index (χ0) is 14.0. The third-order valence-corrected chi connectivity index (χ3v) is 4.52. The van der Waals surface area contributed by atoms with E-state index in [0.29, 0.717) is 17.1 Å². The summed E-state index contributed by atoms with van der Waals surface area (Å²) in [6, 6.07) is 5.68. The normalized spacial score (nSPS) is 23.5. The molecule has 1 aromatic rings. The first-order chi connectivity index (χ1) is 9.04. The van der Waals surface area contributed by atoms with Gasteiger partial charge in [0.1, 0.15) is 0 Å².